The van der Waals surface area contributed by atoms with E-state index >= 15 is 0 Å². The number of hydrogen-bond acceptors (Lipinski definition) is 5. The lowest BCUT2D eigenvalue weighted by molar-refractivity contribution is 0.0937. The lowest BCUT2D eigenvalue weighted by atomic mass is 10.1. The first-order valence-corrected chi connectivity index (χ1v) is 7.30. The minimum atomic E-state index is -1.23. The molecule has 0 saturated heterocycles. The van der Waals surface area contributed by atoms with Crippen LogP contribution in [0.25, 0.3) is 0 Å². The van der Waals surface area contributed by atoms with Crippen LogP contribution in [0.5, 0.6) is 0 Å². The molecule has 0 radical (unpaired) electrons. The largest absolute Gasteiger partial charge is 0.439 e. The van der Waals surface area contributed by atoms with Crippen molar-refractivity contribution in [1.29, 1.82) is 0 Å². The number of benzene rings is 1. The van der Waals surface area contributed by atoms with Crippen LogP contribution in [0.1, 0.15) is 24.5 Å². The number of nitrogens with two attached hydrogens (primary N) is 1. The summed E-state index contributed by atoms with van der Waals surface area (Å²) in [6, 6.07) is 6.87. The van der Waals surface area contributed by atoms with Gasteiger partial charge in [0.1, 0.15) is 6.10 Å². The number of carbonyl (C=O) groups is 3. The fourth-order valence-electron chi connectivity index (χ4n) is 1.81. The van der Waals surface area contributed by atoms with Crippen molar-refractivity contribution in [2.75, 3.05) is 6.54 Å². The summed E-state index contributed by atoms with van der Waals surface area (Å²) in [6.45, 7) is -0.131. The van der Waals surface area contributed by atoms with Gasteiger partial charge < -0.3 is 25.8 Å². The molecule has 9 heteroatoms. The first kappa shape index (κ1) is 16.9. The summed E-state index contributed by atoms with van der Waals surface area (Å²) in [5.41, 5.74) is 5.25. The molecule has 0 bridgehead atoms. The molecule has 0 spiro atoms. The lowest BCUT2D eigenvalue weighted by Gasteiger charge is -2.20. The van der Waals surface area contributed by atoms with E-state index in [9.17, 15) is 14.4 Å². The zero-order valence-electron chi connectivity index (χ0n) is 12.1. The van der Waals surface area contributed by atoms with Gasteiger partial charge in [0.05, 0.1) is 6.54 Å². The molecule has 0 unspecified atom stereocenters. The van der Waals surface area contributed by atoms with E-state index in [4.69, 9.17) is 22.1 Å². The lowest BCUT2D eigenvalue weighted by Crippen LogP contribution is -2.35. The average Bonchev–Trinajstić information content (AvgIpc) is 3.27. The van der Waals surface area contributed by atoms with Crippen molar-refractivity contribution in [2.24, 2.45) is 5.73 Å². The molecule has 1 aliphatic rings. The summed E-state index contributed by atoms with van der Waals surface area (Å²) in [4.78, 5) is 33.6. The smallest absolute Gasteiger partial charge is 0.416 e. The molecule has 124 valence electrons. The van der Waals surface area contributed by atoms with Gasteiger partial charge in [-0.05, 0) is 18.9 Å². The van der Waals surface area contributed by atoms with E-state index in [0.717, 1.165) is 12.8 Å². The number of rotatable bonds is 5. The van der Waals surface area contributed by atoms with Crippen molar-refractivity contribution in [3.05, 3.63) is 34.9 Å². The molecule has 1 saturated carbocycles. The van der Waals surface area contributed by atoms with Crippen LogP contribution < -0.4 is 16.4 Å². The van der Waals surface area contributed by atoms with E-state index in [2.05, 4.69) is 15.4 Å². The van der Waals surface area contributed by atoms with Crippen LogP contribution in [0.4, 0.5) is 14.4 Å². The van der Waals surface area contributed by atoms with E-state index in [-0.39, 0.29) is 12.6 Å². The number of amides is 3. The van der Waals surface area contributed by atoms with Gasteiger partial charge in [-0.25, -0.2) is 14.4 Å². The SMILES string of the molecule is NC(=O)OC(=O)NC[C@H](OC(=O)NC1CC1)c1ccccc1Cl. The minimum Gasteiger partial charge on any atom is -0.439 e. The van der Waals surface area contributed by atoms with Crippen LogP contribution in [0, 0.1) is 0 Å². The highest BCUT2D eigenvalue weighted by atomic mass is 35.5. The van der Waals surface area contributed by atoms with Crippen LogP contribution in [0.3, 0.4) is 0 Å². The van der Waals surface area contributed by atoms with E-state index in [1.54, 1.807) is 24.3 Å². The summed E-state index contributed by atoms with van der Waals surface area (Å²) < 4.78 is 9.45. The second-order valence-corrected chi connectivity index (χ2v) is 5.33. The third-order valence-electron chi connectivity index (χ3n) is 3.03. The zero-order chi connectivity index (χ0) is 16.8. The van der Waals surface area contributed by atoms with Crippen molar-refractivity contribution >= 4 is 29.9 Å². The fourth-order valence-corrected chi connectivity index (χ4v) is 2.07. The van der Waals surface area contributed by atoms with Gasteiger partial charge >= 0.3 is 18.3 Å². The molecule has 4 N–H and O–H groups in total. The highest BCUT2D eigenvalue weighted by Crippen LogP contribution is 2.26. The zero-order valence-corrected chi connectivity index (χ0v) is 12.8. The van der Waals surface area contributed by atoms with E-state index in [0.29, 0.717) is 10.6 Å². The summed E-state index contributed by atoms with van der Waals surface area (Å²) in [7, 11) is 0. The molecule has 1 fully saturated rings. The highest BCUT2D eigenvalue weighted by molar-refractivity contribution is 6.31. The van der Waals surface area contributed by atoms with Gasteiger partial charge in [0.15, 0.2) is 0 Å². The first-order chi connectivity index (χ1) is 11.0. The standard InChI is InChI=1S/C14H16ClN3O5/c15-10-4-2-1-3-9(10)11(7-17-13(20)23-12(16)19)22-14(21)18-8-5-6-8/h1-4,8,11H,5-7H2,(H2,16,19)(H,17,20)(H,18,21)/t11-/m0/s1. The monoisotopic (exact) mass is 341 g/mol. The maximum absolute atomic E-state index is 11.8. The van der Waals surface area contributed by atoms with Gasteiger partial charge in [-0.15, -0.1) is 0 Å². The number of primary amides is 1. The second kappa shape index (κ2) is 7.68. The van der Waals surface area contributed by atoms with Gasteiger partial charge in [0.2, 0.25) is 0 Å². The molecule has 1 aromatic rings. The average molecular weight is 342 g/mol. The van der Waals surface area contributed by atoms with Gasteiger partial charge in [-0.1, -0.05) is 29.8 Å². The molecule has 1 atom stereocenters. The van der Waals surface area contributed by atoms with E-state index in [1.165, 1.54) is 0 Å². The van der Waals surface area contributed by atoms with Crippen molar-refractivity contribution < 1.29 is 23.9 Å². The predicted octanol–water partition coefficient (Wildman–Crippen LogP) is 2.07. The van der Waals surface area contributed by atoms with E-state index < -0.39 is 24.4 Å². The predicted molar refractivity (Wildman–Crippen MR) is 80.9 cm³/mol. The van der Waals surface area contributed by atoms with Gasteiger partial charge in [0.25, 0.3) is 0 Å². The Labute approximate surface area is 137 Å². The fraction of sp³-hybridized carbons (Fsp3) is 0.357. The normalized spacial score (nSPS) is 14.5. The second-order valence-electron chi connectivity index (χ2n) is 4.92. The maximum atomic E-state index is 11.8. The quantitative estimate of drug-likeness (QED) is 0.708. The molecule has 8 nitrogen and oxygen atoms in total. The molecule has 0 aromatic heterocycles. The van der Waals surface area contributed by atoms with Gasteiger partial charge in [-0.2, -0.15) is 0 Å². The Hall–Kier alpha value is -2.48. The van der Waals surface area contributed by atoms with Crippen molar-refractivity contribution in [1.82, 2.24) is 10.6 Å². The Morgan fingerprint density at radius 2 is 1.96 bits per heavy atom. The summed E-state index contributed by atoms with van der Waals surface area (Å²) in [6.07, 6.45) is -1.90. The Morgan fingerprint density at radius 3 is 2.57 bits per heavy atom. The molecule has 23 heavy (non-hydrogen) atoms. The summed E-state index contributed by atoms with van der Waals surface area (Å²) in [5.74, 6) is 0. The topological polar surface area (TPSA) is 120 Å². The number of ether oxygens (including phenoxy) is 2. The molecule has 1 aromatic carbocycles. The van der Waals surface area contributed by atoms with Crippen molar-refractivity contribution in [3.63, 3.8) is 0 Å². The molecule has 0 heterocycles. The van der Waals surface area contributed by atoms with Crippen LogP contribution in [0.2, 0.25) is 5.02 Å². The minimum absolute atomic E-state index is 0.127. The third kappa shape index (κ3) is 5.67. The third-order valence-corrected chi connectivity index (χ3v) is 3.37. The first-order valence-electron chi connectivity index (χ1n) is 6.92. The van der Waals surface area contributed by atoms with Crippen LogP contribution in [-0.2, 0) is 9.47 Å². The maximum Gasteiger partial charge on any atom is 0.416 e. The molecule has 3 amide bonds. The number of carbonyl (C=O) groups excluding carboxylic acids is 3. The van der Waals surface area contributed by atoms with Crippen LogP contribution >= 0.6 is 11.6 Å². The van der Waals surface area contributed by atoms with Crippen molar-refractivity contribution in [3.8, 4) is 0 Å². The van der Waals surface area contributed by atoms with E-state index in [1.807, 2.05) is 0 Å². The molecule has 2 rings (SSSR count). The summed E-state index contributed by atoms with van der Waals surface area (Å²) >= 11 is 6.09. The van der Waals surface area contributed by atoms with Crippen LogP contribution in [0.15, 0.2) is 24.3 Å². The Kier molecular flexibility index (Phi) is 5.64. The molecular formula is C14H16ClN3O5. The molecular weight excluding hydrogens is 326 g/mol. The number of halogens is 1. The van der Waals surface area contributed by atoms with Crippen LogP contribution in [-0.4, -0.2) is 30.9 Å². The van der Waals surface area contributed by atoms with Crippen molar-refractivity contribution in [2.45, 2.75) is 25.0 Å². The highest BCUT2D eigenvalue weighted by Gasteiger charge is 2.27. The Balaban J connectivity index is 2.01. The number of hydrogen-bond donors (Lipinski definition) is 3. The van der Waals surface area contributed by atoms with Gasteiger partial charge in [-0.3, -0.25) is 0 Å². The Bertz CT molecular complexity index is 606. The number of nitrogens with one attached hydrogen (secondary N) is 2. The number of alkyl carbamates (subject to hydrolysis) is 2. The van der Waals surface area contributed by atoms with Gasteiger partial charge in [0, 0.05) is 16.6 Å². The summed E-state index contributed by atoms with van der Waals surface area (Å²) in [5, 5.41) is 5.34. The Morgan fingerprint density at radius 1 is 1.26 bits per heavy atom. The molecule has 0 aliphatic heterocycles. The molecule has 1 aliphatic carbocycles.